The third kappa shape index (κ3) is 5.47. The Morgan fingerprint density at radius 2 is 1.62 bits per heavy atom. The van der Waals surface area contributed by atoms with Crippen LogP contribution in [0.25, 0.3) is 10.8 Å². The molecule has 0 fully saturated rings. The Hall–Kier alpha value is -4.46. The topological polar surface area (TPSA) is 112 Å². The second-order valence-electron chi connectivity index (χ2n) is 8.08. The van der Waals surface area contributed by atoms with Crippen molar-refractivity contribution in [3.05, 3.63) is 107 Å². The van der Waals surface area contributed by atoms with Crippen LogP contribution in [0.5, 0.6) is 0 Å². The standard InChI is InChI=1S/C17H18N4O2.C9H8N2/c1-12-7-18-20(8-12)9-14-3-5-15(6-4-14)10-21-11-16(17(22)23)13(2)19-21;10-9-8-4-2-1-3-7(8)5-6-11-9/h3-8,11H,9-10H2,1-2H3,(H,22,23);1-6H,(H2,10,11). The van der Waals surface area contributed by atoms with E-state index in [1.54, 1.807) is 24.0 Å². The van der Waals surface area contributed by atoms with Crippen LogP contribution in [-0.2, 0) is 13.1 Å². The lowest BCUT2D eigenvalue weighted by Crippen LogP contribution is -2.02. The number of aromatic carboxylic acids is 1. The number of hydrogen-bond acceptors (Lipinski definition) is 5. The summed E-state index contributed by atoms with van der Waals surface area (Å²) in [5.74, 6) is -0.346. The highest BCUT2D eigenvalue weighted by Crippen LogP contribution is 2.17. The number of hydrogen-bond donors (Lipinski definition) is 2. The van der Waals surface area contributed by atoms with E-state index < -0.39 is 5.97 Å². The van der Waals surface area contributed by atoms with Gasteiger partial charge >= 0.3 is 5.97 Å². The molecule has 0 atom stereocenters. The van der Waals surface area contributed by atoms with Crippen molar-refractivity contribution in [3.63, 3.8) is 0 Å². The van der Waals surface area contributed by atoms with Crippen LogP contribution in [0.2, 0.25) is 0 Å². The smallest absolute Gasteiger partial charge is 0.339 e. The van der Waals surface area contributed by atoms with E-state index in [1.807, 2.05) is 66.5 Å². The fourth-order valence-electron chi connectivity index (χ4n) is 3.63. The van der Waals surface area contributed by atoms with Crippen LogP contribution in [0.1, 0.15) is 32.7 Å². The average Bonchev–Trinajstić information content (AvgIpc) is 3.40. The highest BCUT2D eigenvalue weighted by Gasteiger charge is 2.11. The molecule has 34 heavy (non-hydrogen) atoms. The van der Waals surface area contributed by atoms with Crippen LogP contribution >= 0.6 is 0 Å². The molecule has 0 unspecified atom stereocenters. The summed E-state index contributed by atoms with van der Waals surface area (Å²) < 4.78 is 3.56. The van der Waals surface area contributed by atoms with Crippen molar-refractivity contribution < 1.29 is 9.90 Å². The van der Waals surface area contributed by atoms with Gasteiger partial charge in [0, 0.05) is 24.0 Å². The van der Waals surface area contributed by atoms with Gasteiger partial charge in [0.25, 0.3) is 0 Å². The number of benzene rings is 2. The number of carboxylic acid groups (broad SMARTS) is 1. The van der Waals surface area contributed by atoms with E-state index in [1.165, 1.54) is 5.56 Å². The summed E-state index contributed by atoms with van der Waals surface area (Å²) in [7, 11) is 0. The van der Waals surface area contributed by atoms with E-state index in [-0.39, 0.29) is 5.56 Å². The normalized spacial score (nSPS) is 10.6. The minimum Gasteiger partial charge on any atom is -0.478 e. The first-order valence-corrected chi connectivity index (χ1v) is 10.8. The van der Waals surface area contributed by atoms with Gasteiger partial charge in [-0.25, -0.2) is 9.78 Å². The number of pyridine rings is 1. The molecule has 0 bridgehead atoms. The van der Waals surface area contributed by atoms with Gasteiger partial charge in [-0.2, -0.15) is 10.2 Å². The minimum absolute atomic E-state index is 0.246. The quantitative estimate of drug-likeness (QED) is 0.409. The van der Waals surface area contributed by atoms with E-state index in [0.29, 0.717) is 18.1 Å². The molecule has 0 aliphatic heterocycles. The summed E-state index contributed by atoms with van der Waals surface area (Å²) in [5, 5.41) is 19.7. The molecule has 0 radical (unpaired) electrons. The van der Waals surface area contributed by atoms with Crippen LogP contribution in [0.4, 0.5) is 5.82 Å². The predicted molar refractivity (Wildman–Crippen MR) is 132 cm³/mol. The molecule has 0 saturated carbocycles. The van der Waals surface area contributed by atoms with E-state index >= 15 is 0 Å². The molecule has 3 N–H and O–H groups in total. The van der Waals surface area contributed by atoms with E-state index in [2.05, 4.69) is 27.3 Å². The molecule has 172 valence electrons. The molecular weight excluding hydrogens is 428 g/mol. The van der Waals surface area contributed by atoms with Gasteiger partial charge in [0.2, 0.25) is 0 Å². The van der Waals surface area contributed by atoms with Gasteiger partial charge in [-0.15, -0.1) is 0 Å². The van der Waals surface area contributed by atoms with Crippen molar-refractivity contribution in [1.29, 1.82) is 0 Å². The Balaban J connectivity index is 0.000000207. The monoisotopic (exact) mass is 454 g/mol. The number of nitrogen functional groups attached to an aromatic ring is 1. The zero-order chi connectivity index (χ0) is 24.1. The summed E-state index contributed by atoms with van der Waals surface area (Å²) in [6.45, 7) is 5.01. The Kier molecular flexibility index (Phi) is 6.68. The first-order chi connectivity index (χ1) is 16.4. The van der Waals surface area contributed by atoms with Gasteiger partial charge in [-0.3, -0.25) is 9.36 Å². The van der Waals surface area contributed by atoms with E-state index in [9.17, 15) is 4.79 Å². The number of carboxylic acids is 1. The molecule has 3 heterocycles. The second-order valence-corrected chi connectivity index (χ2v) is 8.08. The lowest BCUT2D eigenvalue weighted by atomic mass is 10.1. The summed E-state index contributed by atoms with van der Waals surface area (Å²) in [6, 6.07) is 18.1. The lowest BCUT2D eigenvalue weighted by Gasteiger charge is -2.05. The molecular formula is C26H26N6O2. The van der Waals surface area contributed by atoms with Crippen molar-refractivity contribution in [2.24, 2.45) is 0 Å². The first kappa shape index (κ1) is 22.7. The number of rotatable bonds is 5. The number of nitrogens with zero attached hydrogens (tertiary/aromatic N) is 5. The second kappa shape index (κ2) is 9.99. The summed E-state index contributed by atoms with van der Waals surface area (Å²) in [5.41, 5.74) is 9.81. The summed E-state index contributed by atoms with van der Waals surface area (Å²) in [6.07, 6.45) is 7.14. The maximum absolute atomic E-state index is 11.0. The van der Waals surface area contributed by atoms with Crippen LogP contribution < -0.4 is 5.73 Å². The zero-order valence-electron chi connectivity index (χ0n) is 19.1. The van der Waals surface area contributed by atoms with Crippen LogP contribution in [0, 0.1) is 13.8 Å². The average molecular weight is 455 g/mol. The Morgan fingerprint density at radius 3 is 2.21 bits per heavy atom. The molecule has 0 aliphatic rings. The lowest BCUT2D eigenvalue weighted by molar-refractivity contribution is 0.0696. The molecule has 2 aromatic carbocycles. The number of aryl methyl sites for hydroxylation is 2. The fraction of sp³-hybridized carbons (Fsp3) is 0.154. The third-order valence-corrected chi connectivity index (χ3v) is 5.36. The molecule has 0 saturated heterocycles. The maximum atomic E-state index is 11.0. The third-order valence-electron chi connectivity index (χ3n) is 5.36. The highest BCUT2D eigenvalue weighted by atomic mass is 16.4. The van der Waals surface area contributed by atoms with E-state index in [4.69, 9.17) is 10.8 Å². The molecule has 0 aliphatic carbocycles. The van der Waals surface area contributed by atoms with Crippen molar-refractivity contribution in [2.45, 2.75) is 26.9 Å². The van der Waals surface area contributed by atoms with Crippen LogP contribution in [0.3, 0.4) is 0 Å². The highest BCUT2D eigenvalue weighted by molar-refractivity contribution is 5.90. The molecule has 8 nitrogen and oxygen atoms in total. The number of nitrogens with two attached hydrogens (primary N) is 1. The Labute approximate surface area is 197 Å². The minimum atomic E-state index is -0.946. The van der Waals surface area contributed by atoms with Gasteiger partial charge in [-0.05, 0) is 42.0 Å². The molecule has 5 rings (SSSR count). The Morgan fingerprint density at radius 1 is 0.941 bits per heavy atom. The van der Waals surface area contributed by atoms with Crippen LogP contribution in [0.15, 0.2) is 79.4 Å². The molecule has 0 spiro atoms. The van der Waals surface area contributed by atoms with Crippen molar-refractivity contribution in [2.75, 3.05) is 5.73 Å². The number of anilines is 1. The van der Waals surface area contributed by atoms with Crippen molar-refractivity contribution >= 4 is 22.6 Å². The van der Waals surface area contributed by atoms with Gasteiger partial charge < -0.3 is 10.8 Å². The maximum Gasteiger partial charge on any atom is 0.339 e. The molecule has 0 amide bonds. The SMILES string of the molecule is Cc1cnn(Cc2ccc(Cn3cc(C(=O)O)c(C)n3)cc2)c1.Nc1nccc2ccccc12. The molecule has 3 aromatic heterocycles. The Bertz CT molecular complexity index is 1410. The molecule has 5 aromatic rings. The first-order valence-electron chi connectivity index (χ1n) is 10.8. The van der Waals surface area contributed by atoms with E-state index in [0.717, 1.165) is 28.4 Å². The van der Waals surface area contributed by atoms with Gasteiger partial charge in [-0.1, -0.05) is 48.5 Å². The number of aromatic nitrogens is 5. The fourth-order valence-corrected chi connectivity index (χ4v) is 3.63. The zero-order valence-corrected chi connectivity index (χ0v) is 19.1. The van der Waals surface area contributed by atoms with Crippen LogP contribution in [-0.4, -0.2) is 35.6 Å². The largest absolute Gasteiger partial charge is 0.478 e. The van der Waals surface area contributed by atoms with Gasteiger partial charge in [0.1, 0.15) is 11.4 Å². The summed E-state index contributed by atoms with van der Waals surface area (Å²) >= 11 is 0. The van der Waals surface area contributed by atoms with Crippen molar-refractivity contribution in [3.8, 4) is 0 Å². The van der Waals surface area contributed by atoms with Gasteiger partial charge in [0.15, 0.2) is 0 Å². The number of fused-ring (bicyclic) bond motifs is 1. The number of carbonyl (C=O) groups is 1. The van der Waals surface area contributed by atoms with Gasteiger partial charge in [0.05, 0.1) is 25.0 Å². The molecule has 8 heteroatoms. The predicted octanol–water partition coefficient (Wildman–Crippen LogP) is 4.31. The van der Waals surface area contributed by atoms with Crippen molar-refractivity contribution in [1.82, 2.24) is 24.5 Å². The summed E-state index contributed by atoms with van der Waals surface area (Å²) in [4.78, 5) is 15.0.